The van der Waals surface area contributed by atoms with Crippen molar-refractivity contribution < 1.29 is 28.2 Å². The Hall–Kier alpha value is -3.09. The average molecular weight is 387 g/mol. The van der Waals surface area contributed by atoms with E-state index in [0.717, 1.165) is 5.56 Å². The summed E-state index contributed by atoms with van der Waals surface area (Å²) in [5.41, 5.74) is 1.08. The molecule has 2 atom stereocenters. The minimum absolute atomic E-state index is 0.0846. The van der Waals surface area contributed by atoms with Gasteiger partial charge in [-0.2, -0.15) is 0 Å². The number of methoxy groups -OCH3 is 1. The van der Waals surface area contributed by atoms with Gasteiger partial charge in [0.15, 0.2) is 18.2 Å². The van der Waals surface area contributed by atoms with Crippen molar-refractivity contribution in [1.29, 1.82) is 0 Å². The van der Waals surface area contributed by atoms with Crippen LogP contribution in [-0.4, -0.2) is 49.2 Å². The predicted octanol–water partition coefficient (Wildman–Crippen LogP) is 2.73. The van der Waals surface area contributed by atoms with E-state index < -0.39 is 23.9 Å². The summed E-state index contributed by atoms with van der Waals surface area (Å²) in [5, 5.41) is 0. The van der Waals surface area contributed by atoms with Crippen molar-refractivity contribution in [1.82, 2.24) is 4.90 Å². The molecule has 0 aliphatic carbocycles. The maximum atomic E-state index is 13.8. The minimum atomic E-state index is -0.795. The van der Waals surface area contributed by atoms with E-state index >= 15 is 0 Å². The lowest BCUT2D eigenvalue weighted by atomic mass is 10.2. The van der Waals surface area contributed by atoms with E-state index in [2.05, 4.69) is 0 Å². The number of hydrogen-bond acceptors (Lipinski definition) is 5. The van der Waals surface area contributed by atoms with E-state index in [4.69, 9.17) is 14.2 Å². The second-order valence-electron chi connectivity index (χ2n) is 6.59. The Kier molecular flexibility index (Phi) is 6.13. The molecule has 0 saturated carbocycles. The molecule has 0 radical (unpaired) electrons. The first kappa shape index (κ1) is 19.7. The number of carbonyl (C=O) groups is 2. The van der Waals surface area contributed by atoms with E-state index in [0.29, 0.717) is 5.75 Å². The third kappa shape index (κ3) is 4.60. The van der Waals surface area contributed by atoms with Crippen molar-refractivity contribution >= 4 is 11.9 Å². The maximum absolute atomic E-state index is 13.8. The topological polar surface area (TPSA) is 65.1 Å². The van der Waals surface area contributed by atoms with Crippen LogP contribution in [0.4, 0.5) is 4.39 Å². The summed E-state index contributed by atoms with van der Waals surface area (Å²) in [6.07, 6.45) is -0.304. The molecule has 1 aliphatic rings. The molecule has 2 aromatic carbocycles. The average Bonchev–Trinajstić information content (AvgIpc) is 3.12. The van der Waals surface area contributed by atoms with Gasteiger partial charge in [-0.1, -0.05) is 29.8 Å². The predicted molar refractivity (Wildman–Crippen MR) is 99.6 cm³/mol. The minimum Gasteiger partial charge on any atom is -0.485 e. The van der Waals surface area contributed by atoms with Crippen LogP contribution in [0.2, 0.25) is 0 Å². The number of hydrogen-bond donors (Lipinski definition) is 0. The normalized spacial score (nSPS) is 18.6. The third-order valence-electron chi connectivity index (χ3n) is 4.57. The second kappa shape index (κ2) is 8.73. The first-order valence-electron chi connectivity index (χ1n) is 8.96. The molecule has 0 aromatic heterocycles. The second-order valence-corrected chi connectivity index (χ2v) is 6.59. The number of likely N-dealkylation sites (tertiary alicyclic amines) is 1. The number of nitrogens with zero attached hydrogens (tertiary/aromatic N) is 1. The number of esters is 1. The Morgan fingerprint density at radius 2 is 1.86 bits per heavy atom. The zero-order chi connectivity index (χ0) is 20.1. The molecule has 0 spiro atoms. The summed E-state index contributed by atoms with van der Waals surface area (Å²) in [6, 6.07) is 12.5. The summed E-state index contributed by atoms with van der Waals surface area (Å²) in [5.74, 6) is -0.753. The molecule has 6 nitrogen and oxygen atoms in total. The quantitative estimate of drug-likeness (QED) is 0.713. The molecule has 0 N–H and O–H groups in total. The lowest BCUT2D eigenvalue weighted by molar-refractivity contribution is -0.151. The van der Waals surface area contributed by atoms with E-state index in [1.54, 1.807) is 24.3 Å². The van der Waals surface area contributed by atoms with Crippen molar-refractivity contribution in [3.05, 3.63) is 59.9 Å². The number of benzene rings is 2. The van der Waals surface area contributed by atoms with Gasteiger partial charge in [0.1, 0.15) is 17.9 Å². The Bertz CT molecular complexity index is 839. The highest BCUT2D eigenvalue weighted by Gasteiger charge is 2.41. The number of rotatable bonds is 6. The van der Waals surface area contributed by atoms with Crippen LogP contribution in [0.15, 0.2) is 48.5 Å². The lowest BCUT2D eigenvalue weighted by Gasteiger charge is -2.22. The number of para-hydroxylation sites is 1. The number of amides is 1. The first-order valence-corrected chi connectivity index (χ1v) is 8.96. The van der Waals surface area contributed by atoms with Gasteiger partial charge in [-0.25, -0.2) is 9.18 Å². The standard InChI is InChI=1S/C21H22FNO5/c1-14-7-9-15(10-8-14)27-13-20(24)23-12-16(11-18(23)21(25)26-2)28-19-6-4-3-5-17(19)22/h3-10,16,18H,11-13H2,1-2H3. The van der Waals surface area contributed by atoms with Gasteiger partial charge in [0, 0.05) is 6.42 Å². The third-order valence-corrected chi connectivity index (χ3v) is 4.57. The van der Waals surface area contributed by atoms with E-state index in [1.807, 2.05) is 19.1 Å². The number of carbonyl (C=O) groups excluding carboxylic acids is 2. The number of ether oxygens (including phenoxy) is 3. The molecule has 0 bridgehead atoms. The fourth-order valence-electron chi connectivity index (χ4n) is 3.10. The molecule has 3 rings (SSSR count). The molecule has 1 amide bonds. The van der Waals surface area contributed by atoms with Crippen molar-refractivity contribution in [2.45, 2.75) is 25.5 Å². The van der Waals surface area contributed by atoms with Gasteiger partial charge in [0.25, 0.3) is 5.91 Å². The molecule has 28 heavy (non-hydrogen) atoms. The molecule has 2 aromatic rings. The fraction of sp³-hybridized carbons (Fsp3) is 0.333. The highest BCUT2D eigenvalue weighted by atomic mass is 19.1. The molecule has 1 saturated heterocycles. The van der Waals surface area contributed by atoms with Crippen molar-refractivity contribution in [3.8, 4) is 11.5 Å². The maximum Gasteiger partial charge on any atom is 0.328 e. The molecule has 148 valence electrons. The SMILES string of the molecule is COC(=O)C1CC(Oc2ccccc2F)CN1C(=O)COc1ccc(C)cc1. The van der Waals surface area contributed by atoms with Crippen molar-refractivity contribution in [2.24, 2.45) is 0 Å². The number of aryl methyl sites for hydroxylation is 1. The summed E-state index contributed by atoms with van der Waals surface area (Å²) >= 11 is 0. The zero-order valence-electron chi connectivity index (χ0n) is 15.8. The van der Waals surface area contributed by atoms with Crippen LogP contribution in [0.3, 0.4) is 0 Å². The van der Waals surface area contributed by atoms with Crippen LogP contribution in [-0.2, 0) is 14.3 Å². The molecule has 2 unspecified atom stereocenters. The largest absolute Gasteiger partial charge is 0.485 e. The Morgan fingerprint density at radius 3 is 2.54 bits per heavy atom. The van der Waals surface area contributed by atoms with Gasteiger partial charge in [0.2, 0.25) is 0 Å². The van der Waals surface area contributed by atoms with Crippen LogP contribution in [0.5, 0.6) is 11.5 Å². The van der Waals surface area contributed by atoms with Crippen molar-refractivity contribution in [2.75, 3.05) is 20.3 Å². The molecule has 1 heterocycles. The molecule has 7 heteroatoms. The van der Waals surface area contributed by atoms with E-state index in [1.165, 1.54) is 24.1 Å². The summed E-state index contributed by atoms with van der Waals surface area (Å²) in [4.78, 5) is 26.1. The summed E-state index contributed by atoms with van der Waals surface area (Å²) in [6.45, 7) is 1.88. The monoisotopic (exact) mass is 387 g/mol. The molecular weight excluding hydrogens is 365 g/mol. The Labute approximate surface area is 162 Å². The van der Waals surface area contributed by atoms with Crippen LogP contribution in [0.1, 0.15) is 12.0 Å². The Morgan fingerprint density at radius 1 is 1.14 bits per heavy atom. The lowest BCUT2D eigenvalue weighted by Crippen LogP contribution is -2.43. The van der Waals surface area contributed by atoms with Gasteiger partial charge in [0.05, 0.1) is 13.7 Å². The van der Waals surface area contributed by atoms with Gasteiger partial charge in [-0.3, -0.25) is 4.79 Å². The first-order chi connectivity index (χ1) is 13.5. The van der Waals surface area contributed by atoms with Crippen LogP contribution in [0.25, 0.3) is 0 Å². The van der Waals surface area contributed by atoms with Crippen molar-refractivity contribution in [3.63, 3.8) is 0 Å². The molecule has 1 aliphatic heterocycles. The van der Waals surface area contributed by atoms with Gasteiger partial charge in [-0.05, 0) is 31.2 Å². The van der Waals surface area contributed by atoms with Crippen LogP contribution in [0, 0.1) is 12.7 Å². The molecule has 1 fully saturated rings. The number of halogens is 1. The van der Waals surface area contributed by atoms with Gasteiger partial charge in [-0.15, -0.1) is 0 Å². The van der Waals surface area contributed by atoms with Gasteiger partial charge < -0.3 is 19.1 Å². The van der Waals surface area contributed by atoms with Crippen LogP contribution < -0.4 is 9.47 Å². The van der Waals surface area contributed by atoms with Crippen LogP contribution >= 0.6 is 0 Å². The highest BCUT2D eigenvalue weighted by molar-refractivity contribution is 5.86. The Balaban J connectivity index is 1.66. The van der Waals surface area contributed by atoms with Gasteiger partial charge >= 0.3 is 5.97 Å². The summed E-state index contributed by atoms with van der Waals surface area (Å²) in [7, 11) is 1.26. The summed E-state index contributed by atoms with van der Waals surface area (Å²) < 4.78 is 29.8. The molecular formula is C21H22FNO5. The van der Waals surface area contributed by atoms with E-state index in [9.17, 15) is 14.0 Å². The highest BCUT2D eigenvalue weighted by Crippen LogP contribution is 2.26. The van der Waals surface area contributed by atoms with E-state index in [-0.39, 0.29) is 31.2 Å². The zero-order valence-corrected chi connectivity index (χ0v) is 15.8. The fourth-order valence-corrected chi connectivity index (χ4v) is 3.10. The smallest absolute Gasteiger partial charge is 0.328 e.